The van der Waals surface area contributed by atoms with Crippen LogP contribution in [0.2, 0.25) is 0 Å². The van der Waals surface area contributed by atoms with Crippen molar-refractivity contribution in [1.29, 1.82) is 0 Å². The number of hydrogen-bond donors (Lipinski definition) is 2. The number of nitrogens with one attached hydrogen (secondary N) is 2. The highest BCUT2D eigenvalue weighted by Gasteiger charge is 2.23. The van der Waals surface area contributed by atoms with Crippen LogP contribution in [-0.4, -0.2) is 21.5 Å². The summed E-state index contributed by atoms with van der Waals surface area (Å²) >= 11 is 0. The first-order chi connectivity index (χ1) is 13.6. The van der Waals surface area contributed by atoms with Gasteiger partial charge in [0.1, 0.15) is 12.1 Å². The number of aromatic nitrogens is 2. The standard InChI is InChI=1S/C20H21N5O3/c1-3-14-5-7-15(8-6-14)23-19-18(25(26)27)20(22-13-21-19)24-16-9-11-17(12-10-16)28-4-2/h5-13H,3-4H2,1-2H3,(H2,21,22,23,24). The molecule has 0 spiro atoms. The molecule has 8 heteroatoms. The second-order valence-corrected chi connectivity index (χ2v) is 5.93. The van der Waals surface area contributed by atoms with Crippen LogP contribution < -0.4 is 15.4 Å². The van der Waals surface area contributed by atoms with E-state index in [0.29, 0.717) is 18.0 Å². The fourth-order valence-corrected chi connectivity index (χ4v) is 2.63. The maximum absolute atomic E-state index is 11.7. The topological polar surface area (TPSA) is 102 Å². The zero-order chi connectivity index (χ0) is 19.9. The van der Waals surface area contributed by atoms with E-state index >= 15 is 0 Å². The lowest BCUT2D eigenvalue weighted by atomic mass is 10.1. The molecule has 0 saturated carbocycles. The van der Waals surface area contributed by atoms with Crippen LogP contribution >= 0.6 is 0 Å². The molecule has 3 aromatic rings. The van der Waals surface area contributed by atoms with Crippen LogP contribution in [0.4, 0.5) is 28.7 Å². The van der Waals surface area contributed by atoms with Gasteiger partial charge in [-0.25, -0.2) is 9.97 Å². The van der Waals surface area contributed by atoms with E-state index in [4.69, 9.17) is 4.74 Å². The minimum Gasteiger partial charge on any atom is -0.494 e. The molecule has 0 fully saturated rings. The van der Waals surface area contributed by atoms with Gasteiger partial charge >= 0.3 is 5.69 Å². The molecule has 1 heterocycles. The summed E-state index contributed by atoms with van der Waals surface area (Å²) in [5, 5.41) is 17.7. The minimum atomic E-state index is -0.500. The molecule has 0 atom stereocenters. The molecule has 0 unspecified atom stereocenters. The van der Waals surface area contributed by atoms with Gasteiger partial charge in [0.15, 0.2) is 0 Å². The molecule has 8 nitrogen and oxygen atoms in total. The predicted octanol–water partition coefficient (Wildman–Crippen LogP) is 4.83. The van der Waals surface area contributed by atoms with E-state index < -0.39 is 4.92 Å². The van der Waals surface area contributed by atoms with Gasteiger partial charge in [0.2, 0.25) is 11.6 Å². The number of ether oxygens (including phenoxy) is 1. The van der Waals surface area contributed by atoms with Crippen molar-refractivity contribution in [1.82, 2.24) is 9.97 Å². The molecule has 0 amide bonds. The summed E-state index contributed by atoms with van der Waals surface area (Å²) in [6, 6.07) is 14.8. The number of anilines is 4. The summed E-state index contributed by atoms with van der Waals surface area (Å²) in [5.41, 5.74) is 2.33. The number of benzene rings is 2. The van der Waals surface area contributed by atoms with Gasteiger partial charge < -0.3 is 15.4 Å². The van der Waals surface area contributed by atoms with Crippen molar-refractivity contribution in [2.75, 3.05) is 17.2 Å². The van der Waals surface area contributed by atoms with Crippen molar-refractivity contribution < 1.29 is 9.66 Å². The van der Waals surface area contributed by atoms with Gasteiger partial charge in [-0.2, -0.15) is 0 Å². The Balaban J connectivity index is 1.87. The largest absolute Gasteiger partial charge is 0.494 e. The second-order valence-electron chi connectivity index (χ2n) is 5.93. The van der Waals surface area contributed by atoms with Crippen molar-refractivity contribution in [2.24, 2.45) is 0 Å². The van der Waals surface area contributed by atoms with Gasteiger partial charge in [0, 0.05) is 11.4 Å². The number of hydrogen-bond acceptors (Lipinski definition) is 7. The molecule has 144 valence electrons. The summed E-state index contributed by atoms with van der Waals surface area (Å²) in [6.07, 6.45) is 2.21. The Morgan fingerprint density at radius 2 is 1.46 bits per heavy atom. The Morgan fingerprint density at radius 3 is 1.93 bits per heavy atom. The Bertz CT molecular complexity index is 943. The highest BCUT2D eigenvalue weighted by molar-refractivity contribution is 5.76. The van der Waals surface area contributed by atoms with E-state index in [1.807, 2.05) is 31.2 Å². The molecule has 2 aromatic carbocycles. The average molecular weight is 379 g/mol. The number of aryl methyl sites for hydroxylation is 1. The Labute approximate surface area is 162 Å². The maximum Gasteiger partial charge on any atom is 0.353 e. The van der Waals surface area contributed by atoms with Crippen molar-refractivity contribution >= 4 is 28.7 Å². The summed E-state index contributed by atoms with van der Waals surface area (Å²) in [7, 11) is 0. The summed E-state index contributed by atoms with van der Waals surface area (Å²) in [4.78, 5) is 19.3. The molecule has 28 heavy (non-hydrogen) atoms. The molecular weight excluding hydrogens is 358 g/mol. The molecule has 3 rings (SSSR count). The molecule has 0 radical (unpaired) electrons. The van der Waals surface area contributed by atoms with E-state index in [9.17, 15) is 10.1 Å². The Morgan fingerprint density at radius 1 is 0.929 bits per heavy atom. The van der Waals surface area contributed by atoms with Gasteiger partial charge in [0.05, 0.1) is 11.5 Å². The third-order valence-corrected chi connectivity index (χ3v) is 4.06. The van der Waals surface area contributed by atoms with Gasteiger partial charge in [-0.3, -0.25) is 10.1 Å². The summed E-state index contributed by atoms with van der Waals surface area (Å²) < 4.78 is 5.40. The zero-order valence-electron chi connectivity index (χ0n) is 15.7. The minimum absolute atomic E-state index is 0.108. The lowest BCUT2D eigenvalue weighted by Crippen LogP contribution is -2.05. The van der Waals surface area contributed by atoms with Crippen LogP contribution in [0.3, 0.4) is 0 Å². The number of nitro groups is 1. The van der Waals surface area contributed by atoms with Crippen LogP contribution in [0.1, 0.15) is 19.4 Å². The summed E-state index contributed by atoms with van der Waals surface area (Å²) in [6.45, 7) is 4.54. The lowest BCUT2D eigenvalue weighted by Gasteiger charge is -2.11. The van der Waals surface area contributed by atoms with E-state index in [1.54, 1.807) is 24.3 Å². The highest BCUT2D eigenvalue weighted by atomic mass is 16.6. The first kappa shape index (κ1) is 19.1. The molecular formula is C20H21N5O3. The van der Waals surface area contributed by atoms with Crippen LogP contribution in [-0.2, 0) is 6.42 Å². The fourth-order valence-electron chi connectivity index (χ4n) is 2.63. The molecule has 0 aliphatic rings. The number of rotatable bonds is 8. The third kappa shape index (κ3) is 4.53. The van der Waals surface area contributed by atoms with Crippen LogP contribution in [0.15, 0.2) is 54.9 Å². The molecule has 1 aromatic heterocycles. The second kappa shape index (κ2) is 8.81. The monoisotopic (exact) mass is 379 g/mol. The van der Waals surface area contributed by atoms with E-state index in [-0.39, 0.29) is 17.3 Å². The smallest absolute Gasteiger partial charge is 0.353 e. The van der Waals surface area contributed by atoms with E-state index in [1.165, 1.54) is 11.9 Å². The fraction of sp³-hybridized carbons (Fsp3) is 0.200. The van der Waals surface area contributed by atoms with Crippen LogP contribution in [0.25, 0.3) is 0 Å². The Kier molecular flexibility index (Phi) is 6.01. The zero-order valence-corrected chi connectivity index (χ0v) is 15.7. The van der Waals surface area contributed by atoms with Crippen molar-refractivity contribution in [3.63, 3.8) is 0 Å². The maximum atomic E-state index is 11.7. The first-order valence-corrected chi connectivity index (χ1v) is 8.96. The van der Waals surface area contributed by atoms with Gasteiger partial charge in [-0.15, -0.1) is 0 Å². The van der Waals surface area contributed by atoms with Crippen LogP contribution in [0.5, 0.6) is 5.75 Å². The van der Waals surface area contributed by atoms with Crippen molar-refractivity contribution in [3.05, 3.63) is 70.5 Å². The SMILES string of the molecule is CCOc1ccc(Nc2ncnc(Nc3ccc(CC)cc3)c2[N+](=O)[O-])cc1. The normalized spacial score (nSPS) is 10.4. The highest BCUT2D eigenvalue weighted by Crippen LogP contribution is 2.33. The first-order valence-electron chi connectivity index (χ1n) is 8.96. The molecule has 0 saturated heterocycles. The predicted molar refractivity (Wildman–Crippen MR) is 109 cm³/mol. The molecule has 0 aliphatic heterocycles. The Hall–Kier alpha value is -3.68. The summed E-state index contributed by atoms with van der Waals surface area (Å²) in [5.74, 6) is 0.956. The molecule has 0 bridgehead atoms. The lowest BCUT2D eigenvalue weighted by molar-refractivity contribution is -0.383. The van der Waals surface area contributed by atoms with Crippen molar-refractivity contribution in [2.45, 2.75) is 20.3 Å². The average Bonchev–Trinajstić information content (AvgIpc) is 2.70. The quantitative estimate of drug-likeness (QED) is 0.427. The molecule has 0 aliphatic carbocycles. The van der Waals surface area contributed by atoms with Gasteiger partial charge in [-0.1, -0.05) is 19.1 Å². The van der Waals surface area contributed by atoms with Crippen molar-refractivity contribution in [3.8, 4) is 5.75 Å². The van der Waals surface area contributed by atoms with Gasteiger partial charge in [-0.05, 0) is 55.3 Å². The molecule has 2 N–H and O–H groups in total. The third-order valence-electron chi connectivity index (χ3n) is 4.06. The number of nitrogens with zero attached hydrogens (tertiary/aromatic N) is 3. The van der Waals surface area contributed by atoms with Crippen LogP contribution in [0, 0.1) is 10.1 Å². The van der Waals surface area contributed by atoms with Gasteiger partial charge in [0.25, 0.3) is 0 Å². The van der Waals surface area contributed by atoms with E-state index in [0.717, 1.165) is 12.2 Å². The van der Waals surface area contributed by atoms with E-state index in [2.05, 4.69) is 27.5 Å².